The van der Waals surface area contributed by atoms with E-state index in [4.69, 9.17) is 0 Å². The molecular weight excluding hydrogens is 135 g/mol. The molecule has 0 spiro atoms. The van der Waals surface area contributed by atoms with Crippen LogP contribution >= 0.6 is 0 Å². The van der Waals surface area contributed by atoms with Gasteiger partial charge in [-0.2, -0.15) is 0 Å². The molecule has 1 heterocycles. The van der Waals surface area contributed by atoms with E-state index in [-0.39, 0.29) is 37.0 Å². The van der Waals surface area contributed by atoms with Crippen molar-refractivity contribution in [2.24, 2.45) is 9.98 Å². The second kappa shape index (κ2) is 3.28. The molecule has 0 fully saturated rings. The largest absolute Gasteiger partial charge is 1.00 e. The Hall–Kier alpha value is -0.180. The van der Waals surface area contributed by atoms with Crippen LogP contribution in [0.1, 0.15) is 1.43 Å². The topological polar surface area (TPSA) is 24.7 Å². The zero-order valence-electron chi connectivity index (χ0n) is 6.86. The monoisotopic (exact) mass is 142 g/mol. The third-order valence-electron chi connectivity index (χ3n) is 1.41. The molecule has 46 valence electrons. The van der Waals surface area contributed by atoms with Crippen LogP contribution in [0.15, 0.2) is 34.3 Å². The van der Waals surface area contributed by atoms with Gasteiger partial charge in [-0.15, -0.1) is 0 Å². The van der Waals surface area contributed by atoms with Gasteiger partial charge in [0.15, 0.2) is 0 Å². The zero-order valence-corrected chi connectivity index (χ0v) is 7.86. The van der Waals surface area contributed by atoms with Crippen molar-refractivity contribution >= 4 is 12.1 Å². The number of allylic oxidation sites excluding steroid dienone is 2. The van der Waals surface area contributed by atoms with Crippen molar-refractivity contribution in [3.8, 4) is 0 Å². The summed E-state index contributed by atoms with van der Waals surface area (Å²) in [4.78, 5) is 8.14. The van der Waals surface area contributed by atoms with Gasteiger partial charge in [0.2, 0.25) is 0 Å². The van der Waals surface area contributed by atoms with Gasteiger partial charge in [0.1, 0.15) is 12.4 Å². The van der Waals surface area contributed by atoms with Gasteiger partial charge in [0.05, 0.1) is 5.71 Å². The van der Waals surface area contributed by atoms with E-state index >= 15 is 0 Å². The first-order valence-electron chi connectivity index (χ1n) is 2.91. The molecule has 3 heteroatoms. The van der Waals surface area contributed by atoms with Crippen LogP contribution in [0.5, 0.6) is 0 Å². The minimum Gasteiger partial charge on any atom is -1.00 e. The number of rotatable bonds is 0. The van der Waals surface area contributed by atoms with Crippen molar-refractivity contribution in [1.82, 2.24) is 0 Å². The van der Waals surface area contributed by atoms with E-state index < -0.39 is 0 Å². The summed E-state index contributed by atoms with van der Waals surface area (Å²) in [6.45, 7) is 0. The summed E-state index contributed by atoms with van der Waals surface area (Å²) < 4.78 is 0. The Balaban J connectivity index is 0.000000500. The molecule has 0 saturated heterocycles. The van der Waals surface area contributed by atoms with Crippen molar-refractivity contribution in [3.63, 3.8) is 0 Å². The van der Waals surface area contributed by atoms with Gasteiger partial charge in [-0.3, -0.25) is 4.99 Å². The van der Waals surface area contributed by atoms with Crippen molar-refractivity contribution < 1.29 is 31.0 Å². The molecule has 0 aromatic heterocycles. The molecular formula is C7H7N2Na. The van der Waals surface area contributed by atoms with Crippen molar-refractivity contribution in [2.45, 2.75) is 6.04 Å². The predicted octanol–water partition coefficient (Wildman–Crippen LogP) is -1.92. The number of hydrogen-bond acceptors (Lipinski definition) is 2. The summed E-state index contributed by atoms with van der Waals surface area (Å²) in [6.07, 6.45) is 9.59. The number of nitrogens with zero attached hydrogens (tertiary/aromatic N) is 2. The molecule has 2 nitrogen and oxygen atoms in total. The van der Waals surface area contributed by atoms with Crippen LogP contribution in [-0.4, -0.2) is 18.1 Å². The van der Waals surface area contributed by atoms with E-state index in [0.29, 0.717) is 0 Å². The summed E-state index contributed by atoms with van der Waals surface area (Å²) in [5, 5.41) is 0. The fourth-order valence-corrected chi connectivity index (χ4v) is 0.938. The molecule has 0 saturated carbocycles. The second-order valence-corrected chi connectivity index (χ2v) is 2.01. The smallest absolute Gasteiger partial charge is 1.00 e. The average molecular weight is 142 g/mol. The van der Waals surface area contributed by atoms with Crippen LogP contribution in [0, 0.1) is 0 Å². The van der Waals surface area contributed by atoms with E-state index in [0.717, 1.165) is 5.71 Å². The van der Waals surface area contributed by atoms with Crippen molar-refractivity contribution in [1.29, 1.82) is 0 Å². The fourth-order valence-electron chi connectivity index (χ4n) is 0.938. The first-order valence-corrected chi connectivity index (χ1v) is 2.91. The van der Waals surface area contributed by atoms with E-state index in [1.807, 2.05) is 24.3 Å². The predicted molar refractivity (Wildman–Crippen MR) is 39.1 cm³/mol. The quantitative estimate of drug-likeness (QED) is 0.352. The van der Waals surface area contributed by atoms with Gasteiger partial charge < -0.3 is 1.43 Å². The van der Waals surface area contributed by atoms with Crippen LogP contribution in [-0.2, 0) is 0 Å². The summed E-state index contributed by atoms with van der Waals surface area (Å²) >= 11 is 0. The third-order valence-corrected chi connectivity index (χ3v) is 1.41. The Kier molecular flexibility index (Phi) is 2.60. The number of aliphatic imine (C=N–C) groups is 2. The first kappa shape index (κ1) is 7.92. The molecule has 0 aromatic rings. The third kappa shape index (κ3) is 1.29. The Labute approximate surface area is 83.2 Å². The maximum atomic E-state index is 4.09. The van der Waals surface area contributed by atoms with Gasteiger partial charge in [0.25, 0.3) is 0 Å². The minimum absolute atomic E-state index is 0. The SMILES string of the molecule is C1=CC2=NC=NC2C=C1.[H-].[Na+]. The Morgan fingerprint density at radius 3 is 3.10 bits per heavy atom. The molecule has 1 aliphatic heterocycles. The van der Waals surface area contributed by atoms with E-state index in [2.05, 4.69) is 9.98 Å². The summed E-state index contributed by atoms with van der Waals surface area (Å²) in [7, 11) is 0. The average Bonchev–Trinajstić information content (AvgIpc) is 2.33. The molecule has 0 amide bonds. The van der Waals surface area contributed by atoms with E-state index in [9.17, 15) is 0 Å². The molecule has 10 heavy (non-hydrogen) atoms. The van der Waals surface area contributed by atoms with Gasteiger partial charge in [-0.25, -0.2) is 4.99 Å². The van der Waals surface area contributed by atoms with Crippen LogP contribution in [0.3, 0.4) is 0 Å². The maximum absolute atomic E-state index is 4.09. The summed E-state index contributed by atoms with van der Waals surface area (Å²) in [5.74, 6) is 0. The molecule has 0 radical (unpaired) electrons. The van der Waals surface area contributed by atoms with E-state index in [1.165, 1.54) is 0 Å². The van der Waals surface area contributed by atoms with Gasteiger partial charge in [-0.05, 0) is 6.08 Å². The fraction of sp³-hybridized carbons (Fsp3) is 0.143. The van der Waals surface area contributed by atoms with Gasteiger partial charge >= 0.3 is 29.6 Å². The van der Waals surface area contributed by atoms with E-state index in [1.54, 1.807) is 6.34 Å². The second-order valence-electron chi connectivity index (χ2n) is 2.01. The van der Waals surface area contributed by atoms with Gasteiger partial charge in [0, 0.05) is 0 Å². The van der Waals surface area contributed by atoms with Crippen LogP contribution in [0.2, 0.25) is 0 Å². The number of hydrogen-bond donors (Lipinski definition) is 0. The molecule has 0 bridgehead atoms. The summed E-state index contributed by atoms with van der Waals surface area (Å²) in [5.41, 5.74) is 1.05. The first-order chi connectivity index (χ1) is 4.47. The molecule has 2 aliphatic rings. The molecule has 0 aromatic carbocycles. The van der Waals surface area contributed by atoms with Crippen LogP contribution in [0.4, 0.5) is 0 Å². The standard InChI is InChI=1S/C7H6N2.Na.H/c1-2-4-7-6(3-1)8-5-9-7;;/h1-6H;;/q;+1;-1. The Bertz CT molecular complexity index is 243. The summed E-state index contributed by atoms with van der Waals surface area (Å²) in [6, 6.07) is 0.218. The maximum Gasteiger partial charge on any atom is 1.00 e. The van der Waals surface area contributed by atoms with Crippen molar-refractivity contribution in [3.05, 3.63) is 24.3 Å². The Morgan fingerprint density at radius 2 is 2.30 bits per heavy atom. The molecule has 2 rings (SSSR count). The van der Waals surface area contributed by atoms with Crippen LogP contribution in [0.25, 0.3) is 0 Å². The normalized spacial score (nSPS) is 25.6. The van der Waals surface area contributed by atoms with Crippen molar-refractivity contribution in [2.75, 3.05) is 0 Å². The molecule has 1 atom stereocenters. The van der Waals surface area contributed by atoms with Crippen LogP contribution < -0.4 is 29.6 Å². The Morgan fingerprint density at radius 1 is 1.40 bits per heavy atom. The molecule has 0 N–H and O–H groups in total. The molecule has 1 aliphatic carbocycles. The zero-order chi connectivity index (χ0) is 6.10. The minimum atomic E-state index is 0. The molecule has 1 unspecified atom stereocenters. The number of fused-ring (bicyclic) bond motifs is 1. The van der Waals surface area contributed by atoms with Gasteiger partial charge in [-0.1, -0.05) is 18.2 Å².